The minimum atomic E-state index is -0.399. The van der Waals surface area contributed by atoms with Gasteiger partial charge in [0.25, 0.3) is 5.69 Å². The Hall–Kier alpha value is -2.21. The van der Waals surface area contributed by atoms with Crippen LogP contribution in [0.4, 0.5) is 5.69 Å². The van der Waals surface area contributed by atoms with Crippen molar-refractivity contribution in [2.24, 2.45) is 0 Å². The number of oxazole rings is 1. The summed E-state index contributed by atoms with van der Waals surface area (Å²) in [6.45, 7) is 5.79. The highest BCUT2D eigenvalue weighted by atomic mass is 16.6. The highest BCUT2D eigenvalue weighted by molar-refractivity contribution is 5.63. The van der Waals surface area contributed by atoms with E-state index in [0.717, 1.165) is 37.1 Å². The number of aryl methyl sites for hydroxylation is 2. The van der Waals surface area contributed by atoms with Crippen molar-refractivity contribution in [3.63, 3.8) is 0 Å². The number of rotatable bonds is 7. The summed E-state index contributed by atoms with van der Waals surface area (Å²) in [6.07, 6.45) is 3.42. The van der Waals surface area contributed by atoms with Crippen molar-refractivity contribution in [2.45, 2.75) is 26.7 Å². The summed E-state index contributed by atoms with van der Waals surface area (Å²) in [7, 11) is 0. The molecule has 0 aliphatic carbocycles. The van der Waals surface area contributed by atoms with E-state index in [1.165, 1.54) is 6.07 Å². The van der Waals surface area contributed by atoms with E-state index in [9.17, 15) is 10.1 Å². The van der Waals surface area contributed by atoms with E-state index >= 15 is 0 Å². The number of benzene rings is 1. The molecule has 0 aliphatic heterocycles. The first kappa shape index (κ1) is 15.2. The van der Waals surface area contributed by atoms with Crippen molar-refractivity contribution in [3.8, 4) is 11.3 Å². The predicted octanol–water partition coefficient (Wildman–Crippen LogP) is 3.10. The SMILES string of the molecule is CCNCCCc1ncc(-c2ccc([N+](=O)[O-])cc2C)o1. The molecule has 0 spiro atoms. The molecular formula is C15H19N3O3. The highest BCUT2D eigenvalue weighted by Crippen LogP contribution is 2.27. The molecule has 0 unspecified atom stereocenters. The molecule has 1 N–H and O–H groups in total. The molecule has 6 heteroatoms. The van der Waals surface area contributed by atoms with Crippen LogP contribution in [0.1, 0.15) is 24.8 Å². The van der Waals surface area contributed by atoms with Crippen LogP contribution in [0.3, 0.4) is 0 Å². The normalized spacial score (nSPS) is 10.8. The minimum absolute atomic E-state index is 0.0848. The Balaban J connectivity index is 2.08. The van der Waals surface area contributed by atoms with Crippen molar-refractivity contribution >= 4 is 5.69 Å². The maximum Gasteiger partial charge on any atom is 0.269 e. The number of hydrogen-bond donors (Lipinski definition) is 1. The van der Waals surface area contributed by atoms with Crippen LogP contribution in [0, 0.1) is 17.0 Å². The van der Waals surface area contributed by atoms with Gasteiger partial charge in [-0.15, -0.1) is 0 Å². The minimum Gasteiger partial charge on any atom is -0.441 e. The quantitative estimate of drug-likeness (QED) is 0.481. The van der Waals surface area contributed by atoms with E-state index in [4.69, 9.17) is 4.42 Å². The molecule has 0 saturated heterocycles. The van der Waals surface area contributed by atoms with Gasteiger partial charge in [0.2, 0.25) is 0 Å². The van der Waals surface area contributed by atoms with Gasteiger partial charge < -0.3 is 9.73 Å². The Bertz CT molecular complexity index is 622. The molecule has 0 atom stereocenters. The molecule has 0 fully saturated rings. The third-order valence-electron chi connectivity index (χ3n) is 3.23. The summed E-state index contributed by atoms with van der Waals surface area (Å²) in [5, 5.41) is 14.0. The van der Waals surface area contributed by atoms with E-state index in [0.29, 0.717) is 11.7 Å². The number of hydrogen-bond acceptors (Lipinski definition) is 5. The van der Waals surface area contributed by atoms with E-state index in [1.54, 1.807) is 18.3 Å². The Morgan fingerprint density at radius 3 is 2.90 bits per heavy atom. The van der Waals surface area contributed by atoms with Gasteiger partial charge in [-0.1, -0.05) is 6.92 Å². The van der Waals surface area contributed by atoms with E-state index in [1.807, 2.05) is 6.92 Å². The summed E-state index contributed by atoms with van der Waals surface area (Å²) in [4.78, 5) is 14.6. The van der Waals surface area contributed by atoms with Crippen LogP contribution in [0.2, 0.25) is 0 Å². The summed E-state index contributed by atoms with van der Waals surface area (Å²) in [6, 6.07) is 4.73. The molecule has 2 aromatic rings. The first-order chi connectivity index (χ1) is 10.1. The molecule has 0 saturated carbocycles. The molecule has 2 rings (SSSR count). The fourth-order valence-electron chi connectivity index (χ4n) is 2.13. The Labute approximate surface area is 123 Å². The first-order valence-electron chi connectivity index (χ1n) is 7.02. The number of nitro groups is 1. The van der Waals surface area contributed by atoms with Gasteiger partial charge in [-0.3, -0.25) is 10.1 Å². The van der Waals surface area contributed by atoms with Gasteiger partial charge in [0.1, 0.15) is 0 Å². The van der Waals surface area contributed by atoms with Gasteiger partial charge in [0.15, 0.2) is 11.7 Å². The number of nitro benzene ring substituents is 1. The standard InChI is InChI=1S/C15H19N3O3/c1-3-16-8-4-5-15-17-10-14(21-15)13-7-6-12(18(19)20)9-11(13)2/h6-7,9-10,16H,3-5,8H2,1-2H3. The predicted molar refractivity (Wildman–Crippen MR) is 80.2 cm³/mol. The van der Waals surface area contributed by atoms with Crippen LogP contribution in [-0.2, 0) is 6.42 Å². The molecule has 1 heterocycles. The maximum atomic E-state index is 10.7. The van der Waals surface area contributed by atoms with Crippen molar-refractivity contribution < 1.29 is 9.34 Å². The summed E-state index contributed by atoms with van der Waals surface area (Å²) >= 11 is 0. The lowest BCUT2D eigenvalue weighted by Gasteiger charge is -2.02. The molecule has 0 aliphatic rings. The zero-order valence-electron chi connectivity index (χ0n) is 12.3. The summed E-state index contributed by atoms with van der Waals surface area (Å²) in [5.74, 6) is 1.35. The van der Waals surface area contributed by atoms with Crippen molar-refractivity contribution in [3.05, 3.63) is 46.0 Å². The average Bonchev–Trinajstić information content (AvgIpc) is 2.92. The number of nitrogens with one attached hydrogen (secondary N) is 1. The lowest BCUT2D eigenvalue weighted by atomic mass is 10.1. The van der Waals surface area contributed by atoms with Crippen molar-refractivity contribution in [1.29, 1.82) is 0 Å². The fraction of sp³-hybridized carbons (Fsp3) is 0.400. The van der Waals surface area contributed by atoms with Crippen LogP contribution in [-0.4, -0.2) is 23.0 Å². The topological polar surface area (TPSA) is 81.2 Å². The second-order valence-corrected chi connectivity index (χ2v) is 4.83. The monoisotopic (exact) mass is 289 g/mol. The van der Waals surface area contributed by atoms with Gasteiger partial charge in [-0.2, -0.15) is 0 Å². The molecule has 0 amide bonds. The van der Waals surface area contributed by atoms with Crippen LogP contribution < -0.4 is 5.32 Å². The number of nitrogens with zero attached hydrogens (tertiary/aromatic N) is 2. The molecule has 0 radical (unpaired) electrons. The second-order valence-electron chi connectivity index (χ2n) is 4.83. The molecule has 21 heavy (non-hydrogen) atoms. The Morgan fingerprint density at radius 2 is 2.24 bits per heavy atom. The highest BCUT2D eigenvalue weighted by Gasteiger charge is 2.12. The van der Waals surface area contributed by atoms with Crippen molar-refractivity contribution in [2.75, 3.05) is 13.1 Å². The third kappa shape index (κ3) is 3.88. The molecule has 6 nitrogen and oxygen atoms in total. The molecule has 1 aromatic carbocycles. The summed E-state index contributed by atoms with van der Waals surface area (Å²) in [5.41, 5.74) is 1.73. The zero-order valence-corrected chi connectivity index (χ0v) is 12.3. The smallest absolute Gasteiger partial charge is 0.269 e. The molecule has 1 aromatic heterocycles. The average molecular weight is 289 g/mol. The van der Waals surface area contributed by atoms with Crippen molar-refractivity contribution in [1.82, 2.24) is 10.3 Å². The van der Waals surface area contributed by atoms with Gasteiger partial charge >= 0.3 is 0 Å². The van der Waals surface area contributed by atoms with E-state index in [2.05, 4.69) is 17.2 Å². The lowest BCUT2D eigenvalue weighted by molar-refractivity contribution is -0.384. The van der Waals surface area contributed by atoms with Crippen LogP contribution in [0.15, 0.2) is 28.8 Å². The lowest BCUT2D eigenvalue weighted by Crippen LogP contribution is -2.14. The van der Waals surface area contributed by atoms with Crippen LogP contribution >= 0.6 is 0 Å². The zero-order chi connectivity index (χ0) is 15.2. The second kappa shape index (κ2) is 6.99. The third-order valence-corrected chi connectivity index (χ3v) is 3.23. The Kier molecular flexibility index (Phi) is 5.05. The van der Waals surface area contributed by atoms with Gasteiger partial charge in [-0.25, -0.2) is 4.98 Å². The van der Waals surface area contributed by atoms with Gasteiger partial charge in [-0.05, 0) is 38.1 Å². The first-order valence-corrected chi connectivity index (χ1v) is 7.02. The molecule has 112 valence electrons. The Morgan fingerprint density at radius 1 is 1.43 bits per heavy atom. The molecule has 0 bridgehead atoms. The summed E-state index contributed by atoms with van der Waals surface area (Å²) < 4.78 is 5.72. The van der Waals surface area contributed by atoms with Gasteiger partial charge in [0.05, 0.1) is 11.1 Å². The van der Waals surface area contributed by atoms with E-state index in [-0.39, 0.29) is 5.69 Å². The maximum absolute atomic E-state index is 10.7. The van der Waals surface area contributed by atoms with E-state index < -0.39 is 4.92 Å². The largest absolute Gasteiger partial charge is 0.441 e. The number of aromatic nitrogens is 1. The van der Waals surface area contributed by atoms with Gasteiger partial charge in [0, 0.05) is 24.1 Å². The van der Waals surface area contributed by atoms with Crippen LogP contribution in [0.25, 0.3) is 11.3 Å². The fourth-order valence-corrected chi connectivity index (χ4v) is 2.13. The van der Waals surface area contributed by atoms with Crippen LogP contribution in [0.5, 0.6) is 0 Å². The molecular weight excluding hydrogens is 270 g/mol. The number of non-ortho nitro benzene ring substituents is 1.